The first kappa shape index (κ1) is 11.7. The molecule has 3 heteroatoms. The van der Waals surface area contributed by atoms with Crippen molar-refractivity contribution < 1.29 is 9.53 Å². The van der Waals surface area contributed by atoms with Crippen LogP contribution in [0.5, 0.6) is 0 Å². The Labute approximate surface area is 111 Å². The van der Waals surface area contributed by atoms with Crippen LogP contribution in [0.4, 0.5) is 0 Å². The molecule has 1 heterocycles. The van der Waals surface area contributed by atoms with Gasteiger partial charge in [0.05, 0.1) is 0 Å². The molecule has 0 radical (unpaired) electrons. The van der Waals surface area contributed by atoms with E-state index in [1.54, 1.807) is 0 Å². The zero-order valence-electron chi connectivity index (χ0n) is 10.3. The SMILES string of the molecule is O=CC1=NC(c2ccccc2)C(c2ccccc2)O1. The van der Waals surface area contributed by atoms with Crippen molar-refractivity contribution in [2.24, 2.45) is 4.99 Å². The summed E-state index contributed by atoms with van der Waals surface area (Å²) in [4.78, 5) is 15.3. The number of carbonyl (C=O) groups is 1. The molecule has 0 aliphatic carbocycles. The van der Waals surface area contributed by atoms with Gasteiger partial charge in [-0.1, -0.05) is 60.7 Å². The molecule has 94 valence electrons. The Hall–Kier alpha value is -2.42. The molecule has 2 aromatic carbocycles. The summed E-state index contributed by atoms with van der Waals surface area (Å²) in [7, 11) is 0. The Morgan fingerprint density at radius 2 is 1.47 bits per heavy atom. The van der Waals surface area contributed by atoms with E-state index >= 15 is 0 Å². The molecule has 0 amide bonds. The third-order valence-corrected chi connectivity index (χ3v) is 3.17. The molecule has 1 aliphatic heterocycles. The Balaban J connectivity index is 1.99. The van der Waals surface area contributed by atoms with E-state index in [9.17, 15) is 4.79 Å². The number of aldehydes is 1. The standard InChI is InChI=1S/C16H13NO2/c18-11-14-17-15(12-7-3-1-4-8-12)16(19-14)13-9-5-2-6-10-13/h1-11,15-16H. The largest absolute Gasteiger partial charge is 0.465 e. The van der Waals surface area contributed by atoms with Crippen LogP contribution in [0.25, 0.3) is 0 Å². The van der Waals surface area contributed by atoms with Crippen molar-refractivity contribution in [3.05, 3.63) is 71.8 Å². The van der Waals surface area contributed by atoms with Gasteiger partial charge in [-0.15, -0.1) is 0 Å². The summed E-state index contributed by atoms with van der Waals surface area (Å²) in [5.41, 5.74) is 2.07. The van der Waals surface area contributed by atoms with Crippen molar-refractivity contribution in [3.63, 3.8) is 0 Å². The average molecular weight is 251 g/mol. The molecule has 1 aliphatic rings. The Morgan fingerprint density at radius 1 is 0.895 bits per heavy atom. The highest BCUT2D eigenvalue weighted by Crippen LogP contribution is 2.39. The quantitative estimate of drug-likeness (QED) is 0.786. The lowest BCUT2D eigenvalue weighted by Gasteiger charge is -2.17. The normalized spacial score (nSPS) is 21.6. The molecule has 2 atom stereocenters. The zero-order chi connectivity index (χ0) is 13.1. The van der Waals surface area contributed by atoms with Crippen molar-refractivity contribution in [1.29, 1.82) is 0 Å². The number of hydrogen-bond donors (Lipinski definition) is 0. The number of carbonyl (C=O) groups excluding carboxylic acids is 1. The van der Waals surface area contributed by atoms with Gasteiger partial charge in [-0.3, -0.25) is 4.79 Å². The molecule has 2 aromatic rings. The monoisotopic (exact) mass is 251 g/mol. The lowest BCUT2D eigenvalue weighted by Crippen LogP contribution is -2.08. The molecular weight excluding hydrogens is 238 g/mol. The second-order valence-electron chi connectivity index (χ2n) is 4.39. The van der Waals surface area contributed by atoms with Crippen LogP contribution < -0.4 is 0 Å². The van der Waals surface area contributed by atoms with E-state index in [-0.39, 0.29) is 18.0 Å². The average Bonchev–Trinajstić information content (AvgIpc) is 2.93. The van der Waals surface area contributed by atoms with Crippen LogP contribution in [-0.2, 0) is 9.53 Å². The highest BCUT2D eigenvalue weighted by atomic mass is 16.5. The van der Waals surface area contributed by atoms with E-state index in [1.807, 2.05) is 60.7 Å². The Morgan fingerprint density at radius 3 is 2.05 bits per heavy atom. The van der Waals surface area contributed by atoms with E-state index in [2.05, 4.69) is 4.99 Å². The van der Waals surface area contributed by atoms with Crippen LogP contribution >= 0.6 is 0 Å². The molecule has 2 unspecified atom stereocenters. The summed E-state index contributed by atoms with van der Waals surface area (Å²) in [6.07, 6.45) is 0.433. The van der Waals surface area contributed by atoms with Gasteiger partial charge in [-0.25, -0.2) is 4.99 Å². The summed E-state index contributed by atoms with van der Waals surface area (Å²) in [5, 5.41) is 0. The van der Waals surface area contributed by atoms with Gasteiger partial charge in [0.25, 0.3) is 5.90 Å². The van der Waals surface area contributed by atoms with Crippen LogP contribution in [-0.4, -0.2) is 12.2 Å². The first-order valence-electron chi connectivity index (χ1n) is 6.18. The highest BCUT2D eigenvalue weighted by Gasteiger charge is 2.33. The van der Waals surface area contributed by atoms with Crippen LogP contribution in [0.2, 0.25) is 0 Å². The summed E-state index contributed by atoms with van der Waals surface area (Å²) < 4.78 is 5.65. The summed E-state index contributed by atoms with van der Waals surface area (Å²) in [5.74, 6) is 0.169. The molecule has 0 saturated carbocycles. The van der Waals surface area contributed by atoms with Gasteiger partial charge >= 0.3 is 0 Å². The summed E-state index contributed by atoms with van der Waals surface area (Å²) in [6, 6.07) is 19.6. The minimum absolute atomic E-state index is 0.163. The molecule has 0 spiro atoms. The van der Waals surface area contributed by atoms with Gasteiger partial charge in [-0.05, 0) is 11.1 Å². The van der Waals surface area contributed by atoms with E-state index in [4.69, 9.17) is 4.74 Å². The minimum atomic E-state index is -0.233. The maximum absolute atomic E-state index is 10.9. The fourth-order valence-corrected chi connectivity index (χ4v) is 2.28. The van der Waals surface area contributed by atoms with Crippen molar-refractivity contribution in [3.8, 4) is 0 Å². The fraction of sp³-hybridized carbons (Fsp3) is 0.125. The maximum Gasteiger partial charge on any atom is 0.251 e. The topological polar surface area (TPSA) is 38.7 Å². The summed E-state index contributed by atoms with van der Waals surface area (Å²) in [6.45, 7) is 0. The first-order chi connectivity index (χ1) is 9.38. The third-order valence-electron chi connectivity index (χ3n) is 3.17. The van der Waals surface area contributed by atoms with Gasteiger partial charge in [0.15, 0.2) is 6.10 Å². The number of hydrogen-bond acceptors (Lipinski definition) is 3. The summed E-state index contributed by atoms with van der Waals surface area (Å²) >= 11 is 0. The van der Waals surface area contributed by atoms with Crippen LogP contribution in [0, 0.1) is 0 Å². The number of benzene rings is 2. The van der Waals surface area contributed by atoms with Gasteiger partial charge in [-0.2, -0.15) is 0 Å². The van der Waals surface area contributed by atoms with Gasteiger partial charge in [0, 0.05) is 0 Å². The predicted octanol–water partition coefficient (Wildman–Crippen LogP) is 3.10. The molecule has 0 N–H and O–H groups in total. The van der Waals surface area contributed by atoms with Gasteiger partial charge in [0.2, 0.25) is 6.29 Å². The number of nitrogens with zero attached hydrogens (tertiary/aromatic N) is 1. The maximum atomic E-state index is 10.9. The molecule has 0 bridgehead atoms. The minimum Gasteiger partial charge on any atom is -0.465 e. The first-order valence-corrected chi connectivity index (χ1v) is 6.18. The highest BCUT2D eigenvalue weighted by molar-refractivity contribution is 6.24. The second kappa shape index (κ2) is 5.06. The lowest BCUT2D eigenvalue weighted by atomic mass is 9.97. The molecule has 3 nitrogen and oxygen atoms in total. The van der Waals surface area contributed by atoms with Crippen LogP contribution in [0.15, 0.2) is 65.7 Å². The third kappa shape index (κ3) is 2.27. The molecule has 0 fully saturated rings. The van der Waals surface area contributed by atoms with E-state index < -0.39 is 0 Å². The molecule has 3 rings (SSSR count). The van der Waals surface area contributed by atoms with E-state index in [0.29, 0.717) is 6.29 Å². The fourth-order valence-electron chi connectivity index (χ4n) is 2.28. The van der Waals surface area contributed by atoms with Crippen molar-refractivity contribution in [1.82, 2.24) is 0 Å². The van der Waals surface area contributed by atoms with Crippen LogP contribution in [0.3, 0.4) is 0 Å². The van der Waals surface area contributed by atoms with Gasteiger partial charge < -0.3 is 4.74 Å². The Kier molecular flexibility index (Phi) is 3.11. The molecular formula is C16H13NO2. The van der Waals surface area contributed by atoms with Crippen molar-refractivity contribution in [2.45, 2.75) is 12.1 Å². The number of rotatable bonds is 3. The smallest absolute Gasteiger partial charge is 0.251 e. The Bertz CT molecular complexity index is 593. The number of aliphatic imine (C=N–C) groups is 1. The van der Waals surface area contributed by atoms with E-state index in [1.165, 1.54) is 0 Å². The molecule has 0 saturated heterocycles. The lowest BCUT2D eigenvalue weighted by molar-refractivity contribution is -0.104. The van der Waals surface area contributed by atoms with Crippen LogP contribution in [0.1, 0.15) is 23.3 Å². The van der Waals surface area contributed by atoms with Crippen molar-refractivity contribution >= 4 is 12.2 Å². The van der Waals surface area contributed by atoms with Gasteiger partial charge in [0.1, 0.15) is 6.04 Å². The number of ether oxygens (including phenoxy) is 1. The predicted molar refractivity (Wildman–Crippen MR) is 73.0 cm³/mol. The van der Waals surface area contributed by atoms with Crippen molar-refractivity contribution in [2.75, 3.05) is 0 Å². The molecule has 0 aromatic heterocycles. The molecule has 19 heavy (non-hydrogen) atoms. The van der Waals surface area contributed by atoms with E-state index in [0.717, 1.165) is 11.1 Å². The zero-order valence-corrected chi connectivity index (χ0v) is 10.3. The second-order valence-corrected chi connectivity index (χ2v) is 4.39.